The minimum Gasteiger partial charge on any atom is -0.497 e. The number of carbonyl (C=O) groups is 1. The van der Waals surface area contributed by atoms with Gasteiger partial charge >= 0.3 is 0 Å². The number of amides is 1. The van der Waals surface area contributed by atoms with Gasteiger partial charge in [-0.3, -0.25) is 4.79 Å². The minimum absolute atomic E-state index is 0.0585. The van der Waals surface area contributed by atoms with Gasteiger partial charge in [0.2, 0.25) is 5.91 Å². The minimum atomic E-state index is -0.449. The Morgan fingerprint density at radius 1 is 1.39 bits per heavy atom. The fourth-order valence-corrected chi connectivity index (χ4v) is 3.62. The quantitative estimate of drug-likeness (QED) is 0.868. The lowest BCUT2D eigenvalue weighted by Crippen LogP contribution is -2.32. The maximum atomic E-state index is 12.7. The second-order valence-electron chi connectivity index (χ2n) is 6.51. The van der Waals surface area contributed by atoms with Crippen LogP contribution in [0.15, 0.2) is 35.9 Å². The number of carbonyl (C=O) groups excluding carboxylic acids is 1. The molecule has 23 heavy (non-hydrogen) atoms. The van der Waals surface area contributed by atoms with Crippen molar-refractivity contribution in [1.82, 2.24) is 4.90 Å². The number of hydrogen-bond donors (Lipinski definition) is 1. The number of allylic oxidation sites excluding steroid dienone is 1. The van der Waals surface area contributed by atoms with Crippen molar-refractivity contribution in [3.8, 4) is 5.75 Å². The van der Waals surface area contributed by atoms with Gasteiger partial charge in [-0.1, -0.05) is 23.8 Å². The first kappa shape index (κ1) is 16.1. The molecule has 1 aromatic carbocycles. The molecule has 0 unspecified atom stereocenters. The molecule has 3 rings (SSSR count). The number of hydrogen-bond acceptors (Lipinski definition) is 3. The summed E-state index contributed by atoms with van der Waals surface area (Å²) in [4.78, 5) is 14.6. The summed E-state index contributed by atoms with van der Waals surface area (Å²) >= 11 is 0. The summed E-state index contributed by atoms with van der Waals surface area (Å²) in [6.45, 7) is 0.425. The highest BCUT2D eigenvalue weighted by Crippen LogP contribution is 2.35. The molecule has 1 aromatic rings. The Hall–Kier alpha value is -1.81. The number of benzene rings is 1. The molecule has 0 aromatic heterocycles. The third-order valence-corrected chi connectivity index (χ3v) is 4.84. The van der Waals surface area contributed by atoms with Crippen molar-refractivity contribution in [2.24, 2.45) is 0 Å². The predicted octanol–water partition coefficient (Wildman–Crippen LogP) is 3.22. The number of methoxy groups -OCH3 is 1. The molecule has 4 nitrogen and oxygen atoms in total. The van der Waals surface area contributed by atoms with Gasteiger partial charge in [0.05, 0.1) is 19.3 Å². The molecular weight excluding hydrogens is 290 g/mol. The number of ether oxygens (including phenoxy) is 1. The van der Waals surface area contributed by atoms with Gasteiger partial charge in [-0.25, -0.2) is 0 Å². The van der Waals surface area contributed by atoms with Crippen LogP contribution in [0.25, 0.3) is 0 Å². The zero-order valence-electron chi connectivity index (χ0n) is 13.7. The molecule has 1 fully saturated rings. The molecule has 1 aliphatic heterocycles. The first-order valence-electron chi connectivity index (χ1n) is 8.47. The van der Waals surface area contributed by atoms with Crippen molar-refractivity contribution in [3.05, 3.63) is 41.5 Å². The Morgan fingerprint density at radius 2 is 2.26 bits per heavy atom. The molecule has 1 aliphatic carbocycles. The maximum Gasteiger partial charge on any atom is 0.227 e. The number of aliphatic hydroxyl groups excluding tert-OH is 1. The van der Waals surface area contributed by atoms with Crippen molar-refractivity contribution in [2.45, 2.75) is 50.7 Å². The monoisotopic (exact) mass is 315 g/mol. The Morgan fingerprint density at radius 3 is 3.00 bits per heavy atom. The molecule has 2 aliphatic rings. The third-order valence-electron chi connectivity index (χ3n) is 4.84. The van der Waals surface area contributed by atoms with E-state index in [0.717, 1.165) is 24.2 Å². The maximum absolute atomic E-state index is 12.7. The largest absolute Gasteiger partial charge is 0.497 e. The van der Waals surface area contributed by atoms with E-state index >= 15 is 0 Å². The lowest BCUT2D eigenvalue weighted by molar-refractivity contribution is -0.131. The molecule has 4 heteroatoms. The van der Waals surface area contributed by atoms with Crippen LogP contribution in [0.3, 0.4) is 0 Å². The van der Waals surface area contributed by atoms with Gasteiger partial charge < -0.3 is 14.7 Å². The number of β-amino-alcohol motifs (C(OH)–C–C–N with tert-alkyl or cyclic N) is 1. The van der Waals surface area contributed by atoms with E-state index in [9.17, 15) is 9.90 Å². The summed E-state index contributed by atoms with van der Waals surface area (Å²) in [5, 5.41) is 10.1. The zero-order chi connectivity index (χ0) is 16.2. The Balaban J connectivity index is 1.76. The first-order valence-corrected chi connectivity index (χ1v) is 8.47. The molecule has 1 heterocycles. The fraction of sp³-hybridized carbons (Fsp3) is 0.526. The first-order chi connectivity index (χ1) is 11.2. The van der Waals surface area contributed by atoms with Gasteiger partial charge in [0.25, 0.3) is 0 Å². The molecule has 1 N–H and O–H groups in total. The van der Waals surface area contributed by atoms with E-state index in [-0.39, 0.29) is 11.9 Å². The third kappa shape index (κ3) is 3.75. The van der Waals surface area contributed by atoms with Crippen LogP contribution in [0, 0.1) is 0 Å². The van der Waals surface area contributed by atoms with Crippen LogP contribution in [0.5, 0.6) is 5.75 Å². The van der Waals surface area contributed by atoms with E-state index in [1.54, 1.807) is 7.11 Å². The average molecular weight is 315 g/mol. The van der Waals surface area contributed by atoms with Gasteiger partial charge in [0, 0.05) is 13.0 Å². The molecule has 0 radical (unpaired) electrons. The highest BCUT2D eigenvalue weighted by atomic mass is 16.5. The van der Waals surface area contributed by atoms with Crippen LogP contribution in [0.2, 0.25) is 0 Å². The molecule has 0 saturated carbocycles. The fourth-order valence-electron chi connectivity index (χ4n) is 3.62. The van der Waals surface area contributed by atoms with Crippen molar-refractivity contribution < 1.29 is 14.6 Å². The number of rotatable bonds is 4. The van der Waals surface area contributed by atoms with E-state index in [2.05, 4.69) is 6.08 Å². The molecule has 124 valence electrons. The molecular formula is C19H25NO3. The SMILES string of the molecule is COc1cccc([C@@H]2C[C@H](O)CN2C(=O)CC2=CCCCC2)c1. The average Bonchev–Trinajstić information content (AvgIpc) is 2.98. The lowest BCUT2D eigenvalue weighted by Gasteiger charge is -2.26. The standard InChI is InChI=1S/C19H25NO3/c1-23-17-9-5-8-15(11-17)18-12-16(21)13-20(18)19(22)10-14-6-3-2-4-7-14/h5-6,8-9,11,16,18,21H,2-4,7,10,12-13H2,1H3/t16-,18-/m0/s1. The Labute approximate surface area is 137 Å². The second kappa shape index (κ2) is 7.18. The molecule has 1 saturated heterocycles. The highest BCUT2D eigenvalue weighted by molar-refractivity contribution is 5.79. The van der Waals surface area contributed by atoms with Gasteiger partial charge in [-0.2, -0.15) is 0 Å². The Bertz CT molecular complexity index is 596. The van der Waals surface area contributed by atoms with Crippen molar-refractivity contribution >= 4 is 5.91 Å². The molecule has 1 amide bonds. The molecule has 0 spiro atoms. The van der Waals surface area contributed by atoms with E-state index in [1.165, 1.54) is 18.4 Å². The number of likely N-dealkylation sites (tertiary alicyclic amines) is 1. The summed E-state index contributed by atoms with van der Waals surface area (Å²) in [6, 6.07) is 7.74. The van der Waals surface area contributed by atoms with Crippen LogP contribution in [0.4, 0.5) is 0 Å². The van der Waals surface area contributed by atoms with Crippen LogP contribution in [0.1, 0.15) is 50.1 Å². The van der Waals surface area contributed by atoms with Crippen molar-refractivity contribution in [3.63, 3.8) is 0 Å². The van der Waals surface area contributed by atoms with E-state index in [1.807, 2.05) is 29.2 Å². The zero-order valence-corrected chi connectivity index (χ0v) is 13.7. The van der Waals surface area contributed by atoms with E-state index < -0.39 is 6.10 Å². The topological polar surface area (TPSA) is 49.8 Å². The molecule has 0 bridgehead atoms. The van der Waals surface area contributed by atoms with Gasteiger partial charge in [0.1, 0.15) is 5.75 Å². The van der Waals surface area contributed by atoms with Crippen molar-refractivity contribution in [2.75, 3.05) is 13.7 Å². The van der Waals surface area contributed by atoms with Gasteiger partial charge in [0.15, 0.2) is 0 Å². The van der Waals surface area contributed by atoms with Gasteiger partial charge in [-0.15, -0.1) is 0 Å². The summed E-state index contributed by atoms with van der Waals surface area (Å²) < 4.78 is 5.28. The summed E-state index contributed by atoms with van der Waals surface area (Å²) in [6.07, 6.45) is 7.39. The smallest absolute Gasteiger partial charge is 0.227 e. The second-order valence-corrected chi connectivity index (χ2v) is 6.51. The summed E-state index contributed by atoms with van der Waals surface area (Å²) in [7, 11) is 1.64. The molecule has 2 atom stereocenters. The van der Waals surface area contributed by atoms with Crippen LogP contribution in [-0.2, 0) is 4.79 Å². The number of nitrogens with zero attached hydrogens (tertiary/aromatic N) is 1. The van der Waals surface area contributed by atoms with Crippen molar-refractivity contribution in [1.29, 1.82) is 0 Å². The van der Waals surface area contributed by atoms with Crippen LogP contribution < -0.4 is 4.74 Å². The van der Waals surface area contributed by atoms with Gasteiger partial charge in [-0.05, 0) is 49.8 Å². The predicted molar refractivity (Wildman–Crippen MR) is 89.2 cm³/mol. The normalized spacial score (nSPS) is 24.4. The van der Waals surface area contributed by atoms with Crippen LogP contribution in [-0.4, -0.2) is 35.7 Å². The Kier molecular flexibility index (Phi) is 5.01. The lowest BCUT2D eigenvalue weighted by atomic mass is 9.96. The van der Waals surface area contributed by atoms with E-state index in [0.29, 0.717) is 19.4 Å². The van der Waals surface area contributed by atoms with E-state index in [4.69, 9.17) is 4.74 Å². The van der Waals surface area contributed by atoms with Crippen LogP contribution >= 0.6 is 0 Å². The summed E-state index contributed by atoms with van der Waals surface area (Å²) in [5.74, 6) is 0.911. The highest BCUT2D eigenvalue weighted by Gasteiger charge is 2.35. The summed E-state index contributed by atoms with van der Waals surface area (Å²) in [5.41, 5.74) is 2.29. The number of aliphatic hydroxyl groups is 1.